The van der Waals surface area contributed by atoms with E-state index in [-0.39, 0.29) is 39.9 Å². The third-order valence-corrected chi connectivity index (χ3v) is 13.4. The highest BCUT2D eigenvalue weighted by molar-refractivity contribution is 5.78. The van der Waals surface area contributed by atoms with Crippen molar-refractivity contribution in [3.63, 3.8) is 0 Å². The Balaban J connectivity index is 3.89. The van der Waals surface area contributed by atoms with E-state index < -0.39 is 17.9 Å². The summed E-state index contributed by atoms with van der Waals surface area (Å²) >= 11 is 0. The van der Waals surface area contributed by atoms with Gasteiger partial charge in [0.15, 0.2) is 0 Å². The third-order valence-electron chi connectivity index (χ3n) is 13.4. The van der Waals surface area contributed by atoms with Gasteiger partial charge in [0.2, 0.25) is 0 Å². The quantitative estimate of drug-likeness (QED) is 0.147. The van der Waals surface area contributed by atoms with Crippen molar-refractivity contribution < 1.29 is 19.8 Å². The van der Waals surface area contributed by atoms with Crippen molar-refractivity contribution in [2.75, 3.05) is 0 Å². The molecule has 0 fully saturated rings. The Kier molecular flexibility index (Phi) is 14.5. The van der Waals surface area contributed by atoms with Gasteiger partial charge in [-0.25, -0.2) is 0 Å². The summed E-state index contributed by atoms with van der Waals surface area (Å²) < 4.78 is 0. The van der Waals surface area contributed by atoms with Crippen LogP contribution in [0.3, 0.4) is 0 Å². The minimum Gasteiger partial charge on any atom is -0.481 e. The van der Waals surface area contributed by atoms with Gasteiger partial charge in [-0.05, 0) is 89.1 Å². The second-order valence-electron chi connectivity index (χ2n) is 15.0. The molecule has 2 atom stereocenters. The fourth-order valence-electron chi connectivity index (χ4n) is 8.80. The number of carboxylic acid groups (broad SMARTS) is 2. The molecule has 0 saturated heterocycles. The molecular formula is C39H68O4. The molecule has 0 heterocycles. The van der Waals surface area contributed by atoms with E-state index in [4.69, 9.17) is 0 Å². The zero-order valence-corrected chi connectivity index (χ0v) is 30.2. The van der Waals surface area contributed by atoms with E-state index in [1.807, 2.05) is 0 Å². The van der Waals surface area contributed by atoms with E-state index in [1.165, 1.54) is 24.8 Å². The minimum absolute atomic E-state index is 0.0934. The predicted octanol–water partition coefficient (Wildman–Crippen LogP) is 11.6. The number of rotatable bonds is 21. The standard InChI is InChI=1S/C39H68O4/c1-13-36(11,14-2)27-32(30-23-21-29(22-24-30)25-31(34(42)43)26-33(40)41)39(19-7,20-8)38(17-5,18-6)28-35(9,10)37(12,15-3)16-4/h21-24,31-32H,13-20,25-28H2,1-12H3,(H,40,41)(H,42,43). The average molecular weight is 601 g/mol. The SMILES string of the molecule is CCC(C)(CC)CC(c1ccc(CC(CC(=O)O)C(=O)O)cc1)C(CC)(CC)C(CC)(CC)CC(C)(C)C(C)(CC)CC. The van der Waals surface area contributed by atoms with Crippen molar-refractivity contribution in [2.24, 2.45) is 33.0 Å². The lowest BCUT2D eigenvalue weighted by atomic mass is 9.44. The summed E-state index contributed by atoms with van der Waals surface area (Å²) in [5, 5.41) is 18.9. The van der Waals surface area contributed by atoms with Crippen LogP contribution in [0.15, 0.2) is 24.3 Å². The first-order valence-corrected chi connectivity index (χ1v) is 17.5. The Morgan fingerprint density at radius 1 is 0.698 bits per heavy atom. The van der Waals surface area contributed by atoms with E-state index in [0.717, 1.165) is 50.5 Å². The van der Waals surface area contributed by atoms with Crippen LogP contribution in [-0.4, -0.2) is 22.2 Å². The molecule has 1 rings (SSSR count). The number of carbonyl (C=O) groups is 2. The Morgan fingerprint density at radius 3 is 1.53 bits per heavy atom. The molecule has 4 nitrogen and oxygen atoms in total. The third kappa shape index (κ3) is 8.46. The monoisotopic (exact) mass is 601 g/mol. The molecule has 0 amide bonds. The van der Waals surface area contributed by atoms with Crippen molar-refractivity contribution in [1.29, 1.82) is 0 Å². The van der Waals surface area contributed by atoms with Gasteiger partial charge in [-0.3, -0.25) is 9.59 Å². The van der Waals surface area contributed by atoms with E-state index >= 15 is 0 Å². The number of hydrogen-bond donors (Lipinski definition) is 2. The zero-order valence-electron chi connectivity index (χ0n) is 30.2. The lowest BCUT2D eigenvalue weighted by Gasteiger charge is -2.60. The van der Waals surface area contributed by atoms with Gasteiger partial charge in [-0.1, -0.05) is 133 Å². The number of benzene rings is 1. The molecule has 0 bridgehead atoms. The van der Waals surface area contributed by atoms with Crippen molar-refractivity contribution in [3.8, 4) is 0 Å². The summed E-state index contributed by atoms with van der Waals surface area (Å²) in [6, 6.07) is 8.63. The first-order chi connectivity index (χ1) is 20.0. The maximum Gasteiger partial charge on any atom is 0.307 e. The van der Waals surface area contributed by atoms with Gasteiger partial charge < -0.3 is 10.2 Å². The molecule has 0 radical (unpaired) electrons. The second kappa shape index (κ2) is 15.9. The fourth-order valence-corrected chi connectivity index (χ4v) is 8.80. The van der Waals surface area contributed by atoms with E-state index in [9.17, 15) is 19.8 Å². The molecule has 1 aromatic carbocycles. The normalized spacial score (nSPS) is 14.9. The van der Waals surface area contributed by atoms with Crippen LogP contribution < -0.4 is 0 Å². The zero-order chi connectivity index (χ0) is 33.3. The Morgan fingerprint density at radius 2 is 1.19 bits per heavy atom. The molecule has 4 heteroatoms. The van der Waals surface area contributed by atoms with Gasteiger partial charge in [0, 0.05) is 0 Å². The molecular weight excluding hydrogens is 532 g/mol. The Hall–Kier alpha value is -1.84. The molecule has 248 valence electrons. The number of hydrogen-bond acceptors (Lipinski definition) is 2. The lowest BCUT2D eigenvalue weighted by Crippen LogP contribution is -2.50. The van der Waals surface area contributed by atoms with E-state index in [1.54, 1.807) is 0 Å². The van der Waals surface area contributed by atoms with Gasteiger partial charge in [0.1, 0.15) is 0 Å². The summed E-state index contributed by atoms with van der Waals surface area (Å²) in [7, 11) is 0. The van der Waals surface area contributed by atoms with Gasteiger partial charge in [0.05, 0.1) is 12.3 Å². The van der Waals surface area contributed by atoms with Crippen LogP contribution in [0.25, 0.3) is 0 Å². The highest BCUT2D eigenvalue weighted by atomic mass is 16.4. The van der Waals surface area contributed by atoms with Gasteiger partial charge in [0.25, 0.3) is 0 Å². The Labute approximate surface area is 265 Å². The second-order valence-corrected chi connectivity index (χ2v) is 15.0. The van der Waals surface area contributed by atoms with Gasteiger partial charge in [-0.15, -0.1) is 0 Å². The maximum absolute atomic E-state index is 11.8. The summed E-state index contributed by atoms with van der Waals surface area (Å²) in [5.74, 6) is -2.68. The molecule has 0 saturated carbocycles. The minimum atomic E-state index is -1.07. The molecule has 2 N–H and O–H groups in total. The van der Waals surface area contributed by atoms with Crippen molar-refractivity contribution in [3.05, 3.63) is 35.4 Å². The van der Waals surface area contributed by atoms with Crippen LogP contribution in [0.4, 0.5) is 0 Å². The van der Waals surface area contributed by atoms with Crippen molar-refractivity contribution in [1.82, 2.24) is 0 Å². The summed E-state index contributed by atoms with van der Waals surface area (Å²) in [6.45, 7) is 29.1. The number of aliphatic carboxylic acids is 2. The molecule has 0 aliphatic carbocycles. The fraction of sp³-hybridized carbons (Fsp3) is 0.795. The van der Waals surface area contributed by atoms with Gasteiger partial charge in [-0.2, -0.15) is 0 Å². The molecule has 43 heavy (non-hydrogen) atoms. The van der Waals surface area contributed by atoms with Crippen LogP contribution in [0.5, 0.6) is 0 Å². The number of carboxylic acids is 2. The summed E-state index contributed by atoms with van der Waals surface area (Å²) in [6.07, 6.45) is 11.4. The van der Waals surface area contributed by atoms with Crippen molar-refractivity contribution >= 4 is 11.9 Å². The smallest absolute Gasteiger partial charge is 0.307 e. The lowest BCUT2D eigenvalue weighted by molar-refractivity contribution is -0.148. The summed E-state index contributed by atoms with van der Waals surface area (Å²) in [5.41, 5.74) is 3.17. The largest absolute Gasteiger partial charge is 0.481 e. The molecule has 0 spiro atoms. The Bertz CT molecular complexity index is 989. The van der Waals surface area contributed by atoms with Crippen LogP contribution in [-0.2, 0) is 16.0 Å². The molecule has 2 unspecified atom stereocenters. The average Bonchev–Trinajstić information content (AvgIpc) is 2.99. The summed E-state index contributed by atoms with van der Waals surface area (Å²) in [4.78, 5) is 23.1. The van der Waals surface area contributed by atoms with Crippen LogP contribution in [0.2, 0.25) is 0 Å². The predicted molar refractivity (Wildman–Crippen MR) is 183 cm³/mol. The highest BCUT2D eigenvalue weighted by Crippen LogP contribution is 2.66. The van der Waals surface area contributed by atoms with Crippen LogP contribution >= 0.6 is 0 Å². The van der Waals surface area contributed by atoms with Crippen LogP contribution in [0, 0.1) is 33.0 Å². The van der Waals surface area contributed by atoms with E-state index in [0.29, 0.717) is 5.92 Å². The molecule has 0 aromatic heterocycles. The first-order valence-electron chi connectivity index (χ1n) is 17.5. The molecule has 1 aromatic rings. The molecule has 0 aliphatic rings. The highest BCUT2D eigenvalue weighted by Gasteiger charge is 2.56. The first kappa shape index (κ1) is 39.2. The van der Waals surface area contributed by atoms with E-state index in [2.05, 4.69) is 107 Å². The van der Waals surface area contributed by atoms with Crippen molar-refractivity contribution in [2.45, 2.75) is 166 Å². The molecule has 0 aliphatic heterocycles. The topological polar surface area (TPSA) is 74.6 Å². The van der Waals surface area contributed by atoms with Gasteiger partial charge >= 0.3 is 11.9 Å². The van der Waals surface area contributed by atoms with Crippen LogP contribution in [0.1, 0.15) is 171 Å². The maximum atomic E-state index is 11.8.